The summed E-state index contributed by atoms with van der Waals surface area (Å²) in [4.78, 5) is 9.65. The smallest absolute Gasteiger partial charge is 0.263 e. The molecular formula is C6H9N3O2. The van der Waals surface area contributed by atoms with Crippen LogP contribution in [-0.2, 0) is 0 Å². The molecule has 1 rings (SSSR count). The molecule has 0 saturated heterocycles. The van der Waals surface area contributed by atoms with E-state index in [1.54, 1.807) is 0 Å². The zero-order chi connectivity index (χ0) is 11.9. The lowest BCUT2D eigenvalue weighted by atomic mass is 10.4. The molecule has 0 amide bonds. The molecule has 0 spiro atoms. The van der Waals surface area contributed by atoms with E-state index in [1.165, 1.54) is 0 Å². The van der Waals surface area contributed by atoms with Crippen LogP contribution in [0.1, 0.15) is 25.3 Å². The Morgan fingerprint density at radius 2 is 2.82 bits per heavy atom. The van der Waals surface area contributed by atoms with E-state index < -0.39 is 17.8 Å². The van der Waals surface area contributed by atoms with Crippen LogP contribution < -0.4 is 0 Å². The predicted molar refractivity (Wildman–Crippen MR) is 39.3 cm³/mol. The Morgan fingerprint density at radius 1 is 2.09 bits per heavy atom. The van der Waals surface area contributed by atoms with Crippen LogP contribution in [0.5, 0.6) is 0 Å². The lowest BCUT2D eigenvalue weighted by Gasteiger charge is -2.01. The average molecular weight is 159 g/mol. The highest BCUT2D eigenvalue weighted by atomic mass is 16.6. The van der Waals surface area contributed by atoms with Crippen molar-refractivity contribution in [3.8, 4) is 0 Å². The van der Waals surface area contributed by atoms with E-state index in [1.807, 2.05) is 0 Å². The van der Waals surface area contributed by atoms with Gasteiger partial charge in [0.2, 0.25) is 0 Å². The van der Waals surface area contributed by atoms with Gasteiger partial charge in [0.05, 0.1) is 6.29 Å². The van der Waals surface area contributed by atoms with Crippen LogP contribution in [0.2, 0.25) is 0 Å². The third-order valence-corrected chi connectivity index (χ3v) is 1.12. The van der Waals surface area contributed by atoms with E-state index in [2.05, 4.69) is 5.10 Å². The first-order chi connectivity index (χ1) is 6.66. The molecular weight excluding hydrogens is 146 g/mol. The zero-order valence-corrected chi connectivity index (χ0v) is 5.81. The van der Waals surface area contributed by atoms with Crippen molar-refractivity contribution in [2.45, 2.75) is 19.8 Å². The van der Waals surface area contributed by atoms with Gasteiger partial charge in [0, 0.05) is 10.1 Å². The number of nitro groups is 1. The van der Waals surface area contributed by atoms with Crippen molar-refractivity contribution >= 4 is 5.69 Å². The van der Waals surface area contributed by atoms with E-state index in [0.717, 1.165) is 24.0 Å². The van der Waals surface area contributed by atoms with Gasteiger partial charge in [-0.3, -0.25) is 14.8 Å². The molecule has 1 atom stereocenters. The Balaban J connectivity index is 3.11. The highest BCUT2D eigenvalue weighted by molar-refractivity contribution is 5.20. The van der Waals surface area contributed by atoms with Crippen LogP contribution in [0.3, 0.4) is 0 Å². The summed E-state index contributed by atoms with van der Waals surface area (Å²) in [5, 5.41) is 13.8. The fourth-order valence-electron chi connectivity index (χ4n) is 0.591. The number of nitrogens with zero attached hydrogens (tertiary/aromatic N) is 3. The van der Waals surface area contributed by atoms with Gasteiger partial charge in [-0.05, 0) is 13.8 Å². The topological polar surface area (TPSA) is 61.0 Å². The van der Waals surface area contributed by atoms with Gasteiger partial charge in [0.25, 0.3) is 0 Å². The lowest BCUT2D eigenvalue weighted by molar-refractivity contribution is -0.385. The Morgan fingerprint density at radius 3 is 3.27 bits per heavy atom. The maximum absolute atomic E-state index is 10.3. The van der Waals surface area contributed by atoms with Crippen molar-refractivity contribution < 1.29 is 10.4 Å². The van der Waals surface area contributed by atoms with Crippen molar-refractivity contribution in [2.24, 2.45) is 0 Å². The zero-order valence-electron chi connectivity index (χ0n) is 9.81. The van der Waals surface area contributed by atoms with Crippen molar-refractivity contribution in [2.75, 3.05) is 0 Å². The molecule has 0 fully saturated rings. The number of aromatic nitrogens is 2. The van der Waals surface area contributed by atoms with Crippen molar-refractivity contribution in [3.63, 3.8) is 0 Å². The van der Waals surface area contributed by atoms with E-state index in [0.29, 0.717) is 0 Å². The van der Waals surface area contributed by atoms with E-state index in [-0.39, 0.29) is 5.69 Å². The van der Waals surface area contributed by atoms with Crippen LogP contribution >= 0.6 is 0 Å². The second kappa shape index (κ2) is 2.69. The van der Waals surface area contributed by atoms with Gasteiger partial charge < -0.3 is 0 Å². The fourth-order valence-corrected chi connectivity index (χ4v) is 0.591. The summed E-state index contributed by atoms with van der Waals surface area (Å²) < 4.78 is 29.7. The molecule has 0 saturated carbocycles. The molecule has 0 aliphatic rings. The Bertz CT molecular complexity index is 384. The molecule has 0 aromatic carbocycles. The van der Waals surface area contributed by atoms with Crippen LogP contribution in [0.4, 0.5) is 5.69 Å². The van der Waals surface area contributed by atoms with Crippen molar-refractivity contribution in [1.82, 2.24) is 9.78 Å². The summed E-state index contributed by atoms with van der Waals surface area (Å²) in [6.45, 7) is -1.48. The molecule has 0 aliphatic heterocycles. The van der Waals surface area contributed by atoms with Gasteiger partial charge in [-0.1, -0.05) is 0 Å². The van der Waals surface area contributed by atoms with Gasteiger partial charge in [-0.25, -0.2) is 0 Å². The largest absolute Gasteiger partial charge is 0.307 e. The second-order valence-electron chi connectivity index (χ2n) is 1.99. The van der Waals surface area contributed by atoms with Gasteiger partial charge in [0.15, 0.2) is 0 Å². The monoisotopic (exact) mass is 159 g/mol. The first kappa shape index (κ1) is 3.85. The molecule has 0 aliphatic carbocycles. The maximum Gasteiger partial charge on any atom is 0.307 e. The molecule has 5 nitrogen and oxygen atoms in total. The summed E-state index contributed by atoms with van der Waals surface area (Å²) in [6.07, 6.45) is 1.85. The second-order valence-corrected chi connectivity index (χ2v) is 1.99. The molecule has 1 unspecified atom stereocenters. The van der Waals surface area contributed by atoms with Gasteiger partial charge in [-0.15, -0.1) is 0 Å². The Labute approximate surface area is 69.4 Å². The van der Waals surface area contributed by atoms with Crippen molar-refractivity contribution in [1.29, 1.82) is 0 Å². The molecule has 0 N–H and O–H groups in total. The number of hydrogen-bond acceptors (Lipinski definition) is 3. The molecule has 0 bridgehead atoms. The minimum absolute atomic E-state index is 0.335. The van der Waals surface area contributed by atoms with Crippen LogP contribution in [0.25, 0.3) is 0 Å². The molecule has 1 heterocycles. The highest BCUT2D eigenvalue weighted by Gasteiger charge is 2.09. The predicted octanol–water partition coefficient (Wildman–Crippen LogP) is 1.37. The summed E-state index contributed by atoms with van der Waals surface area (Å²) in [5.74, 6) is 0. The highest BCUT2D eigenvalue weighted by Crippen LogP contribution is 2.11. The Hall–Kier alpha value is -1.39. The fraction of sp³-hybridized carbons (Fsp3) is 0.500. The molecule has 5 heteroatoms. The average Bonchev–Trinajstić information content (AvgIpc) is 2.49. The third kappa shape index (κ3) is 1.54. The van der Waals surface area contributed by atoms with Gasteiger partial charge in [-0.2, -0.15) is 5.10 Å². The minimum Gasteiger partial charge on any atom is -0.263 e. The Kier molecular flexibility index (Phi) is 0.941. The van der Waals surface area contributed by atoms with E-state index >= 15 is 0 Å². The summed E-state index contributed by atoms with van der Waals surface area (Å²) in [5.41, 5.74) is -0.335. The van der Waals surface area contributed by atoms with E-state index in [9.17, 15) is 10.1 Å². The van der Waals surface area contributed by atoms with Crippen molar-refractivity contribution in [3.05, 3.63) is 22.5 Å². The van der Waals surface area contributed by atoms with E-state index in [4.69, 9.17) is 5.48 Å². The molecule has 11 heavy (non-hydrogen) atoms. The quantitative estimate of drug-likeness (QED) is 0.483. The third-order valence-electron chi connectivity index (χ3n) is 1.12. The molecule has 1 aromatic rings. The molecule has 0 radical (unpaired) electrons. The summed E-state index contributed by atoms with van der Waals surface area (Å²) >= 11 is 0. The maximum atomic E-state index is 10.3. The number of hydrogen-bond donors (Lipinski definition) is 0. The lowest BCUT2D eigenvalue weighted by Crippen LogP contribution is -1.99. The number of rotatable bonds is 2. The first-order valence-electron chi connectivity index (χ1n) is 4.86. The summed E-state index contributed by atoms with van der Waals surface area (Å²) in [6, 6.07) is -2.01. The van der Waals surface area contributed by atoms with Crippen LogP contribution in [0, 0.1) is 10.1 Å². The molecule has 1 aromatic heterocycles. The van der Waals surface area contributed by atoms with Crippen LogP contribution in [0.15, 0.2) is 12.4 Å². The van der Waals surface area contributed by atoms with Crippen LogP contribution in [-0.4, -0.2) is 14.7 Å². The summed E-state index contributed by atoms with van der Waals surface area (Å²) in [7, 11) is 0. The SMILES string of the molecule is [2H]C([2H])([2H])C([2H])(C)n1cc([N+](=O)[O-])cn1. The standard InChI is InChI=1S/C6H9N3O2/c1-5(2)8-4-6(3-7-8)9(10)11/h3-5H,1-2H3/i1D3,5D. The van der Waals surface area contributed by atoms with Gasteiger partial charge in [0.1, 0.15) is 12.4 Å². The minimum atomic E-state index is -2.60. The van der Waals surface area contributed by atoms with Gasteiger partial charge >= 0.3 is 5.69 Å². The molecule has 60 valence electrons. The first-order valence-corrected chi connectivity index (χ1v) is 2.86. The normalized spacial score (nSPS) is 22.3.